The number of rotatable bonds is 4. The molecule has 0 aliphatic rings. The van der Waals surface area contributed by atoms with E-state index in [0.717, 1.165) is 0 Å². The van der Waals surface area contributed by atoms with Crippen molar-refractivity contribution in [3.05, 3.63) is 11.0 Å². The highest BCUT2D eigenvalue weighted by molar-refractivity contribution is 6.28. The summed E-state index contributed by atoms with van der Waals surface area (Å²) >= 11 is 5.82. The average Bonchev–Trinajstić information content (AvgIpc) is 2.30. The molecule has 1 heterocycles. The van der Waals surface area contributed by atoms with E-state index in [9.17, 15) is 0 Å². The molecule has 1 atom stereocenters. The minimum absolute atomic E-state index is 0.0941. The number of nitrogens with two attached hydrogens (primary N) is 1. The molecule has 0 saturated carbocycles. The Bertz CT molecular complexity index is 440. The molecule has 0 radical (unpaired) electrons. The van der Waals surface area contributed by atoms with Crippen LogP contribution in [0.5, 0.6) is 0 Å². The first-order valence-corrected chi connectivity index (χ1v) is 5.81. The lowest BCUT2D eigenvalue weighted by Crippen LogP contribution is -2.29. The Labute approximate surface area is 106 Å². The minimum Gasteiger partial charge on any atom is -0.394 e. The summed E-state index contributed by atoms with van der Waals surface area (Å²) in [6.45, 7) is 6.91. The molecule has 0 aromatic carbocycles. The Hall–Kier alpha value is -1.54. The van der Waals surface area contributed by atoms with Crippen LogP contribution >= 0.6 is 11.6 Å². The van der Waals surface area contributed by atoms with Crippen LogP contribution in [-0.4, -0.2) is 23.1 Å². The maximum absolute atomic E-state index is 8.84. The molecule has 1 unspecified atom stereocenters. The van der Waals surface area contributed by atoms with Gasteiger partial charge >= 0.3 is 0 Å². The largest absolute Gasteiger partial charge is 0.394 e. The van der Waals surface area contributed by atoms with Gasteiger partial charge in [-0.3, -0.25) is 0 Å². The standard InChI is InChI=1S/C11H16ClN5/c1-4-17(6-7(2)5-13)10-9(14)8(3)15-11(12)16-10/h7H,4,6,14H2,1-3H3. The van der Waals surface area contributed by atoms with Crippen LogP contribution in [0.2, 0.25) is 5.28 Å². The molecule has 0 aliphatic carbocycles. The Balaban J connectivity index is 3.08. The molecule has 0 aliphatic heterocycles. The summed E-state index contributed by atoms with van der Waals surface area (Å²) in [6, 6.07) is 2.19. The molecule has 0 amide bonds. The van der Waals surface area contributed by atoms with Crippen molar-refractivity contribution in [2.24, 2.45) is 5.92 Å². The first-order valence-electron chi connectivity index (χ1n) is 5.43. The van der Waals surface area contributed by atoms with Crippen molar-refractivity contribution in [3.63, 3.8) is 0 Å². The van der Waals surface area contributed by atoms with Crippen LogP contribution in [0.25, 0.3) is 0 Å². The summed E-state index contributed by atoms with van der Waals surface area (Å²) in [5.41, 5.74) is 7.11. The topological polar surface area (TPSA) is 78.8 Å². The highest BCUT2D eigenvalue weighted by Crippen LogP contribution is 2.25. The Morgan fingerprint density at radius 2 is 2.18 bits per heavy atom. The zero-order valence-electron chi connectivity index (χ0n) is 10.2. The van der Waals surface area contributed by atoms with Gasteiger partial charge in [0.2, 0.25) is 5.28 Å². The highest BCUT2D eigenvalue weighted by Gasteiger charge is 2.16. The Kier molecular flexibility index (Phi) is 4.53. The predicted molar refractivity (Wildman–Crippen MR) is 68.9 cm³/mol. The molecule has 1 aromatic rings. The fourth-order valence-corrected chi connectivity index (χ4v) is 1.72. The third-order valence-electron chi connectivity index (χ3n) is 2.48. The lowest BCUT2D eigenvalue weighted by atomic mass is 10.2. The van der Waals surface area contributed by atoms with Crippen LogP contribution in [0, 0.1) is 24.2 Å². The molecular formula is C11H16ClN5. The lowest BCUT2D eigenvalue weighted by molar-refractivity contribution is 0.679. The second-order valence-electron chi connectivity index (χ2n) is 3.88. The second kappa shape index (κ2) is 5.69. The van der Waals surface area contributed by atoms with Gasteiger partial charge in [0.25, 0.3) is 0 Å². The zero-order valence-corrected chi connectivity index (χ0v) is 11.0. The molecule has 2 N–H and O–H groups in total. The minimum atomic E-state index is -0.0941. The van der Waals surface area contributed by atoms with Gasteiger partial charge in [-0.05, 0) is 32.4 Å². The van der Waals surface area contributed by atoms with Crippen LogP contribution in [0.1, 0.15) is 19.5 Å². The monoisotopic (exact) mass is 253 g/mol. The Morgan fingerprint density at radius 3 is 2.71 bits per heavy atom. The SMILES string of the molecule is CCN(CC(C)C#N)c1nc(Cl)nc(C)c1N. The van der Waals surface area contributed by atoms with E-state index in [1.54, 1.807) is 6.92 Å². The number of halogens is 1. The summed E-state index contributed by atoms with van der Waals surface area (Å²) in [4.78, 5) is 10.1. The van der Waals surface area contributed by atoms with E-state index in [-0.39, 0.29) is 11.2 Å². The molecule has 1 rings (SSSR count). The summed E-state index contributed by atoms with van der Waals surface area (Å²) in [5.74, 6) is 0.510. The molecular weight excluding hydrogens is 238 g/mol. The fraction of sp³-hybridized carbons (Fsp3) is 0.545. The maximum atomic E-state index is 8.84. The van der Waals surface area contributed by atoms with Crippen molar-refractivity contribution >= 4 is 23.1 Å². The molecule has 6 heteroatoms. The highest BCUT2D eigenvalue weighted by atomic mass is 35.5. The van der Waals surface area contributed by atoms with Crippen LogP contribution in [0.4, 0.5) is 11.5 Å². The fourth-order valence-electron chi connectivity index (χ4n) is 1.51. The van der Waals surface area contributed by atoms with E-state index in [0.29, 0.717) is 30.3 Å². The molecule has 92 valence electrons. The molecule has 0 spiro atoms. The van der Waals surface area contributed by atoms with E-state index < -0.39 is 0 Å². The van der Waals surface area contributed by atoms with Gasteiger partial charge < -0.3 is 10.6 Å². The quantitative estimate of drug-likeness (QED) is 0.831. The van der Waals surface area contributed by atoms with Crippen LogP contribution in [-0.2, 0) is 0 Å². The third-order valence-corrected chi connectivity index (χ3v) is 2.65. The van der Waals surface area contributed by atoms with Crippen molar-refractivity contribution in [3.8, 4) is 6.07 Å². The molecule has 0 saturated heterocycles. The second-order valence-corrected chi connectivity index (χ2v) is 4.22. The van der Waals surface area contributed by atoms with Gasteiger partial charge in [-0.1, -0.05) is 0 Å². The summed E-state index contributed by atoms with van der Waals surface area (Å²) < 4.78 is 0. The van der Waals surface area contributed by atoms with Crippen LogP contribution in [0.3, 0.4) is 0 Å². The van der Waals surface area contributed by atoms with E-state index in [1.807, 2.05) is 18.7 Å². The summed E-state index contributed by atoms with van der Waals surface area (Å²) in [7, 11) is 0. The third kappa shape index (κ3) is 3.21. The van der Waals surface area contributed by atoms with Crippen molar-refractivity contribution in [1.82, 2.24) is 9.97 Å². The van der Waals surface area contributed by atoms with Gasteiger partial charge in [0, 0.05) is 13.1 Å². The lowest BCUT2D eigenvalue weighted by Gasteiger charge is -2.24. The van der Waals surface area contributed by atoms with Crippen LogP contribution < -0.4 is 10.6 Å². The number of aryl methyl sites for hydroxylation is 1. The summed E-state index contributed by atoms with van der Waals surface area (Å²) in [6.07, 6.45) is 0. The summed E-state index contributed by atoms with van der Waals surface area (Å²) in [5, 5.41) is 9.01. The van der Waals surface area contributed by atoms with Gasteiger partial charge in [-0.2, -0.15) is 10.2 Å². The van der Waals surface area contributed by atoms with Crippen LogP contribution in [0.15, 0.2) is 0 Å². The van der Waals surface area contributed by atoms with E-state index in [4.69, 9.17) is 22.6 Å². The number of aromatic nitrogens is 2. The number of hydrogen-bond acceptors (Lipinski definition) is 5. The number of nitrogens with zero attached hydrogens (tertiary/aromatic N) is 4. The number of nitrogen functional groups attached to an aromatic ring is 1. The Morgan fingerprint density at radius 1 is 1.53 bits per heavy atom. The first-order chi connectivity index (χ1) is 7.99. The molecule has 17 heavy (non-hydrogen) atoms. The molecule has 1 aromatic heterocycles. The number of nitriles is 1. The van der Waals surface area contributed by atoms with Crippen molar-refractivity contribution < 1.29 is 0 Å². The molecule has 0 bridgehead atoms. The maximum Gasteiger partial charge on any atom is 0.224 e. The molecule has 5 nitrogen and oxygen atoms in total. The predicted octanol–water partition coefficient (Wildman–Crippen LogP) is 2.01. The van der Waals surface area contributed by atoms with E-state index in [2.05, 4.69) is 16.0 Å². The zero-order chi connectivity index (χ0) is 13.0. The average molecular weight is 254 g/mol. The van der Waals surface area contributed by atoms with Gasteiger partial charge in [0.1, 0.15) is 0 Å². The van der Waals surface area contributed by atoms with E-state index >= 15 is 0 Å². The number of hydrogen-bond donors (Lipinski definition) is 1. The van der Waals surface area contributed by atoms with Crippen molar-refractivity contribution in [1.29, 1.82) is 5.26 Å². The van der Waals surface area contributed by atoms with Gasteiger partial charge in [-0.25, -0.2) is 4.98 Å². The van der Waals surface area contributed by atoms with Gasteiger partial charge in [-0.15, -0.1) is 0 Å². The van der Waals surface area contributed by atoms with Crippen molar-refractivity contribution in [2.75, 3.05) is 23.7 Å². The van der Waals surface area contributed by atoms with Crippen molar-refractivity contribution in [2.45, 2.75) is 20.8 Å². The molecule has 0 fully saturated rings. The van der Waals surface area contributed by atoms with Gasteiger partial charge in [0.15, 0.2) is 5.82 Å². The number of anilines is 2. The van der Waals surface area contributed by atoms with Gasteiger partial charge in [0.05, 0.1) is 23.4 Å². The van der Waals surface area contributed by atoms with E-state index in [1.165, 1.54) is 0 Å². The smallest absolute Gasteiger partial charge is 0.224 e. The first kappa shape index (κ1) is 13.5. The normalized spacial score (nSPS) is 11.9.